The zero-order valence-electron chi connectivity index (χ0n) is 12.1. The Hall–Kier alpha value is -1.22. The van der Waals surface area contributed by atoms with Crippen LogP contribution in [0.3, 0.4) is 0 Å². The van der Waals surface area contributed by atoms with E-state index in [0.717, 1.165) is 11.1 Å². The van der Waals surface area contributed by atoms with Crippen molar-refractivity contribution in [2.45, 2.75) is 40.0 Å². The number of halogens is 1. The highest BCUT2D eigenvalue weighted by atomic mass is 35.5. The molecule has 0 aromatic heterocycles. The van der Waals surface area contributed by atoms with Crippen molar-refractivity contribution in [1.82, 2.24) is 0 Å². The van der Waals surface area contributed by atoms with E-state index in [9.17, 15) is 9.90 Å². The average molecular weight is 285 g/mol. The number of hydrogen-bond acceptors (Lipinski definition) is 2. The van der Waals surface area contributed by atoms with Gasteiger partial charge in [-0.3, -0.25) is 4.79 Å². The van der Waals surface area contributed by atoms with Gasteiger partial charge in [0.2, 0.25) is 0 Å². The molecule has 19 heavy (non-hydrogen) atoms. The second-order valence-electron chi connectivity index (χ2n) is 5.72. The van der Waals surface area contributed by atoms with E-state index >= 15 is 0 Å². The topological polar surface area (TPSA) is 46.5 Å². The van der Waals surface area contributed by atoms with Gasteiger partial charge in [0.1, 0.15) is 5.75 Å². The molecule has 106 valence electrons. The number of rotatable bonds is 5. The molecular formula is C15H21ClO3. The summed E-state index contributed by atoms with van der Waals surface area (Å²) in [7, 11) is 1.57. The second-order valence-corrected chi connectivity index (χ2v) is 6.09. The van der Waals surface area contributed by atoms with Crippen molar-refractivity contribution in [2.24, 2.45) is 5.41 Å². The summed E-state index contributed by atoms with van der Waals surface area (Å²) in [6.07, 6.45) is 0.373. The number of ether oxygens (including phenoxy) is 1. The number of aliphatic carboxylic acids is 1. The van der Waals surface area contributed by atoms with E-state index in [1.165, 1.54) is 0 Å². The Bertz CT molecular complexity index is 479. The summed E-state index contributed by atoms with van der Waals surface area (Å²) in [6, 6.07) is 3.88. The van der Waals surface area contributed by atoms with Gasteiger partial charge in [-0.25, -0.2) is 0 Å². The van der Waals surface area contributed by atoms with Gasteiger partial charge in [0.25, 0.3) is 0 Å². The summed E-state index contributed by atoms with van der Waals surface area (Å²) in [6.45, 7) is 7.55. The number of hydrogen-bond donors (Lipinski definition) is 1. The van der Waals surface area contributed by atoms with Gasteiger partial charge < -0.3 is 9.84 Å². The lowest BCUT2D eigenvalue weighted by Gasteiger charge is -2.22. The third kappa shape index (κ3) is 3.63. The summed E-state index contributed by atoms with van der Waals surface area (Å²) in [5.74, 6) is 0.0967. The molecule has 0 radical (unpaired) electrons. The molecule has 0 spiro atoms. The Balaban J connectivity index is 3.26. The predicted molar refractivity (Wildman–Crippen MR) is 77.2 cm³/mol. The van der Waals surface area contributed by atoms with Gasteiger partial charge in [-0.15, -0.1) is 0 Å². The lowest BCUT2D eigenvalue weighted by atomic mass is 9.84. The zero-order chi connectivity index (χ0) is 14.8. The fraction of sp³-hybridized carbons (Fsp3) is 0.533. The second kappa shape index (κ2) is 5.83. The molecule has 4 heteroatoms. The number of benzene rings is 1. The molecule has 0 heterocycles. The number of methoxy groups -OCH3 is 1. The molecule has 3 nitrogen and oxygen atoms in total. The van der Waals surface area contributed by atoms with Crippen molar-refractivity contribution in [1.29, 1.82) is 0 Å². The van der Waals surface area contributed by atoms with E-state index in [1.54, 1.807) is 21.0 Å². The SMILES string of the molecule is COc1cc(C(C)C)cc(CC(C)(C)C(=O)O)c1Cl. The van der Waals surface area contributed by atoms with Crippen LogP contribution < -0.4 is 4.74 Å². The van der Waals surface area contributed by atoms with Crippen molar-refractivity contribution < 1.29 is 14.6 Å². The standard InChI is InChI=1S/C15H21ClO3/c1-9(2)10-6-11(8-15(3,4)14(17)18)13(16)12(7-10)19-5/h6-7,9H,8H2,1-5H3,(H,17,18). The lowest BCUT2D eigenvalue weighted by Crippen LogP contribution is -2.26. The Morgan fingerprint density at radius 1 is 1.42 bits per heavy atom. The molecule has 0 atom stereocenters. The predicted octanol–water partition coefficient (Wildman–Crippen LogP) is 4.13. The summed E-state index contributed by atoms with van der Waals surface area (Å²) < 4.78 is 5.27. The fourth-order valence-corrected chi connectivity index (χ4v) is 2.09. The first-order valence-corrected chi connectivity index (χ1v) is 6.66. The summed E-state index contributed by atoms with van der Waals surface area (Å²) in [4.78, 5) is 11.2. The van der Waals surface area contributed by atoms with Gasteiger partial charge in [0.05, 0.1) is 17.5 Å². The van der Waals surface area contributed by atoms with Crippen molar-refractivity contribution in [3.8, 4) is 5.75 Å². The first-order valence-electron chi connectivity index (χ1n) is 6.28. The van der Waals surface area contributed by atoms with Crippen LogP contribution in [0.15, 0.2) is 12.1 Å². The Morgan fingerprint density at radius 3 is 2.42 bits per heavy atom. The molecule has 1 rings (SSSR count). The van der Waals surface area contributed by atoms with Crippen LogP contribution in [-0.4, -0.2) is 18.2 Å². The van der Waals surface area contributed by atoms with Crippen molar-refractivity contribution in [3.05, 3.63) is 28.3 Å². The molecule has 1 aromatic rings. The highest BCUT2D eigenvalue weighted by molar-refractivity contribution is 6.32. The first-order chi connectivity index (χ1) is 8.69. The van der Waals surface area contributed by atoms with Crippen LogP contribution in [-0.2, 0) is 11.2 Å². The maximum absolute atomic E-state index is 11.2. The highest BCUT2D eigenvalue weighted by Gasteiger charge is 2.29. The minimum atomic E-state index is -0.857. The van der Waals surface area contributed by atoms with Crippen LogP contribution in [0.25, 0.3) is 0 Å². The molecule has 0 aliphatic heterocycles. The van der Waals surface area contributed by atoms with E-state index < -0.39 is 11.4 Å². The van der Waals surface area contributed by atoms with Crippen LogP contribution >= 0.6 is 11.6 Å². The van der Waals surface area contributed by atoms with E-state index in [-0.39, 0.29) is 0 Å². The molecule has 1 aromatic carbocycles. The number of carbonyl (C=O) groups is 1. The van der Waals surface area contributed by atoms with Crippen LogP contribution in [0.1, 0.15) is 44.7 Å². The van der Waals surface area contributed by atoms with Crippen molar-refractivity contribution >= 4 is 17.6 Å². The van der Waals surface area contributed by atoms with Crippen LogP contribution in [0.2, 0.25) is 5.02 Å². The quantitative estimate of drug-likeness (QED) is 0.884. The molecule has 0 fully saturated rings. The molecule has 0 bridgehead atoms. The molecule has 0 saturated carbocycles. The molecule has 0 amide bonds. The van der Waals surface area contributed by atoms with E-state index in [2.05, 4.69) is 13.8 Å². The fourth-order valence-electron chi connectivity index (χ4n) is 1.84. The Labute approximate surface area is 119 Å². The van der Waals surface area contributed by atoms with Gasteiger partial charge in [-0.1, -0.05) is 31.5 Å². The van der Waals surface area contributed by atoms with E-state index in [0.29, 0.717) is 23.1 Å². The maximum atomic E-state index is 11.2. The van der Waals surface area contributed by atoms with Crippen molar-refractivity contribution in [2.75, 3.05) is 7.11 Å². The summed E-state index contributed by atoms with van der Waals surface area (Å²) in [5, 5.41) is 9.73. The van der Waals surface area contributed by atoms with Crippen LogP contribution in [0.4, 0.5) is 0 Å². The monoisotopic (exact) mass is 284 g/mol. The third-order valence-corrected chi connectivity index (χ3v) is 3.66. The van der Waals surface area contributed by atoms with Crippen LogP contribution in [0, 0.1) is 5.41 Å². The molecule has 1 N–H and O–H groups in total. The summed E-state index contributed by atoms with van der Waals surface area (Å²) in [5.41, 5.74) is 1.05. The van der Waals surface area contributed by atoms with Gasteiger partial charge in [-0.05, 0) is 43.4 Å². The first kappa shape index (κ1) is 15.8. The highest BCUT2D eigenvalue weighted by Crippen LogP contribution is 2.36. The average Bonchev–Trinajstić information content (AvgIpc) is 2.30. The van der Waals surface area contributed by atoms with Crippen LogP contribution in [0.5, 0.6) is 5.75 Å². The zero-order valence-corrected chi connectivity index (χ0v) is 12.8. The largest absolute Gasteiger partial charge is 0.495 e. The molecule has 0 unspecified atom stereocenters. The molecule has 0 aliphatic rings. The lowest BCUT2D eigenvalue weighted by molar-refractivity contribution is -0.146. The molecular weight excluding hydrogens is 264 g/mol. The Morgan fingerprint density at radius 2 is 2.00 bits per heavy atom. The van der Waals surface area contributed by atoms with Gasteiger partial charge >= 0.3 is 5.97 Å². The minimum Gasteiger partial charge on any atom is -0.495 e. The van der Waals surface area contributed by atoms with Gasteiger partial charge in [0.15, 0.2) is 0 Å². The van der Waals surface area contributed by atoms with E-state index in [1.807, 2.05) is 12.1 Å². The number of carboxylic acids is 1. The Kier molecular flexibility index (Phi) is 4.86. The third-order valence-electron chi connectivity index (χ3n) is 3.23. The maximum Gasteiger partial charge on any atom is 0.309 e. The van der Waals surface area contributed by atoms with E-state index in [4.69, 9.17) is 16.3 Å². The molecule has 0 saturated heterocycles. The van der Waals surface area contributed by atoms with Gasteiger partial charge in [-0.2, -0.15) is 0 Å². The summed E-state index contributed by atoms with van der Waals surface area (Å²) >= 11 is 6.28. The molecule has 0 aliphatic carbocycles. The normalized spacial score (nSPS) is 11.7. The van der Waals surface area contributed by atoms with Gasteiger partial charge in [0, 0.05) is 0 Å². The minimum absolute atomic E-state index is 0.331. The number of carboxylic acid groups (broad SMARTS) is 1. The smallest absolute Gasteiger partial charge is 0.309 e. The van der Waals surface area contributed by atoms with Crippen molar-refractivity contribution in [3.63, 3.8) is 0 Å².